The van der Waals surface area contributed by atoms with E-state index >= 15 is 0 Å². The van der Waals surface area contributed by atoms with Crippen LogP contribution in [0.1, 0.15) is 36.3 Å². The van der Waals surface area contributed by atoms with Gasteiger partial charge in [0.25, 0.3) is 0 Å². The number of aliphatic hydroxyl groups excluding tert-OH is 1. The van der Waals surface area contributed by atoms with Gasteiger partial charge in [-0.25, -0.2) is 9.59 Å². The maximum Gasteiger partial charge on any atom is 0.407 e. The molecule has 8 nitrogen and oxygen atoms in total. The van der Waals surface area contributed by atoms with Gasteiger partial charge in [-0.2, -0.15) is 11.8 Å². The number of amides is 2. The highest BCUT2D eigenvalue weighted by atomic mass is 32.2. The van der Waals surface area contributed by atoms with Gasteiger partial charge in [0.05, 0.1) is 12.1 Å². The van der Waals surface area contributed by atoms with Crippen LogP contribution in [0.2, 0.25) is 0 Å². The Balaban J connectivity index is 1.39. The number of hydrogen-bond donors (Lipinski definition) is 4. The highest BCUT2D eigenvalue weighted by Crippen LogP contribution is 2.44. The van der Waals surface area contributed by atoms with Crippen LogP contribution >= 0.6 is 11.8 Å². The van der Waals surface area contributed by atoms with Gasteiger partial charge in [-0.1, -0.05) is 48.5 Å². The summed E-state index contributed by atoms with van der Waals surface area (Å²) in [6.07, 6.45) is -1.07. The van der Waals surface area contributed by atoms with E-state index in [9.17, 15) is 19.5 Å². The maximum atomic E-state index is 12.8. The number of aliphatic carboxylic acids is 1. The number of aliphatic hydroxyl groups is 1. The number of hydrogen-bond acceptors (Lipinski definition) is 6. The molecule has 4 rings (SSSR count). The van der Waals surface area contributed by atoms with Crippen LogP contribution in [0.3, 0.4) is 0 Å². The predicted octanol–water partition coefficient (Wildman–Crippen LogP) is 2.74. The molecule has 2 aromatic rings. The van der Waals surface area contributed by atoms with Gasteiger partial charge in [-0.05, 0) is 46.6 Å². The van der Waals surface area contributed by atoms with Crippen molar-refractivity contribution in [2.45, 2.75) is 36.8 Å². The molecule has 2 aromatic carbocycles. The molecule has 0 radical (unpaired) electrons. The SMILES string of the molecule is O=C(CC1(NC(=O)OCC2c3ccccc3-c3ccccc32)CCSCC1)NC[C@H](O)C(=O)O. The molecule has 1 fully saturated rings. The molecule has 1 aliphatic heterocycles. The summed E-state index contributed by atoms with van der Waals surface area (Å²) in [5, 5.41) is 23.5. The first-order valence-corrected chi connectivity index (χ1v) is 12.4. The number of carboxylic acids is 1. The minimum atomic E-state index is -1.67. The van der Waals surface area contributed by atoms with Crippen molar-refractivity contribution in [2.75, 3.05) is 24.7 Å². The number of carbonyl (C=O) groups is 3. The van der Waals surface area contributed by atoms with E-state index in [0.717, 1.165) is 33.8 Å². The Morgan fingerprint density at radius 1 is 1.03 bits per heavy atom. The third kappa shape index (κ3) is 5.37. The molecule has 34 heavy (non-hydrogen) atoms. The van der Waals surface area contributed by atoms with Crippen molar-refractivity contribution in [1.82, 2.24) is 10.6 Å². The van der Waals surface area contributed by atoms with Crippen molar-refractivity contribution in [3.63, 3.8) is 0 Å². The largest absolute Gasteiger partial charge is 0.479 e. The van der Waals surface area contributed by atoms with Gasteiger partial charge in [0, 0.05) is 12.3 Å². The van der Waals surface area contributed by atoms with Gasteiger partial charge in [0.15, 0.2) is 6.10 Å². The van der Waals surface area contributed by atoms with Gasteiger partial charge < -0.3 is 25.6 Å². The predicted molar refractivity (Wildman–Crippen MR) is 129 cm³/mol. The van der Waals surface area contributed by atoms with E-state index in [2.05, 4.69) is 34.9 Å². The standard InChI is InChI=1S/C25H28N2O6S/c28-21(23(30)31)14-26-22(29)13-25(9-11-34-12-10-25)27-24(32)33-15-20-18-7-3-1-5-16(18)17-6-2-4-8-19(17)20/h1-8,20-21,28H,9-15H2,(H,26,29)(H,27,32)(H,30,31)/t21-/m0/s1. The molecular formula is C25H28N2O6S. The fraction of sp³-hybridized carbons (Fsp3) is 0.400. The van der Waals surface area contributed by atoms with Crippen molar-refractivity contribution in [1.29, 1.82) is 0 Å². The van der Waals surface area contributed by atoms with E-state index in [1.54, 1.807) is 11.8 Å². The van der Waals surface area contributed by atoms with Gasteiger partial charge in [-0.15, -0.1) is 0 Å². The molecule has 1 atom stereocenters. The highest BCUT2D eigenvalue weighted by molar-refractivity contribution is 7.99. The minimum absolute atomic E-state index is 0.00983. The second kappa shape index (κ2) is 10.5. The Bertz CT molecular complexity index is 1020. The number of ether oxygens (including phenoxy) is 1. The summed E-state index contributed by atoms with van der Waals surface area (Å²) < 4.78 is 5.67. The Hall–Kier alpha value is -3.04. The summed E-state index contributed by atoms with van der Waals surface area (Å²) in [6.45, 7) is -0.203. The van der Waals surface area contributed by atoms with E-state index in [1.807, 2.05) is 24.3 Å². The summed E-state index contributed by atoms with van der Waals surface area (Å²) in [5.74, 6) is -0.313. The van der Waals surface area contributed by atoms with Crippen LogP contribution in [0, 0.1) is 0 Å². The van der Waals surface area contributed by atoms with Crippen molar-refractivity contribution >= 4 is 29.7 Å². The van der Waals surface area contributed by atoms with E-state index in [-0.39, 0.29) is 25.5 Å². The first kappa shape index (κ1) is 24.1. The number of nitrogens with one attached hydrogen (secondary N) is 2. The summed E-state index contributed by atoms with van der Waals surface area (Å²) in [5.41, 5.74) is 3.76. The fourth-order valence-electron chi connectivity index (χ4n) is 4.63. The minimum Gasteiger partial charge on any atom is -0.479 e. The summed E-state index contributed by atoms with van der Waals surface area (Å²) in [6, 6.07) is 16.2. The molecule has 1 heterocycles. The lowest BCUT2D eigenvalue weighted by atomic mass is 9.88. The van der Waals surface area contributed by atoms with E-state index in [0.29, 0.717) is 12.8 Å². The number of benzene rings is 2. The van der Waals surface area contributed by atoms with Gasteiger partial charge in [0.1, 0.15) is 6.61 Å². The average Bonchev–Trinajstić information content (AvgIpc) is 3.15. The zero-order chi connectivity index (χ0) is 24.1. The Labute approximate surface area is 202 Å². The summed E-state index contributed by atoms with van der Waals surface area (Å²) in [7, 11) is 0. The Morgan fingerprint density at radius 3 is 2.21 bits per heavy atom. The molecule has 1 saturated heterocycles. The molecule has 180 valence electrons. The third-order valence-corrected chi connectivity index (χ3v) is 7.42. The number of thioether (sulfide) groups is 1. The number of rotatable bonds is 8. The molecule has 0 unspecified atom stereocenters. The van der Waals surface area contributed by atoms with Crippen LogP contribution in [-0.4, -0.2) is 64.5 Å². The molecule has 0 bridgehead atoms. The second-order valence-electron chi connectivity index (χ2n) is 8.68. The quantitative estimate of drug-likeness (QED) is 0.454. The van der Waals surface area contributed by atoms with Crippen LogP contribution in [0.25, 0.3) is 11.1 Å². The smallest absolute Gasteiger partial charge is 0.407 e. The van der Waals surface area contributed by atoms with E-state index < -0.39 is 29.6 Å². The molecule has 2 amide bonds. The lowest BCUT2D eigenvalue weighted by molar-refractivity contribution is -0.146. The topological polar surface area (TPSA) is 125 Å². The van der Waals surface area contributed by atoms with Gasteiger partial charge in [0.2, 0.25) is 5.91 Å². The van der Waals surface area contributed by atoms with Gasteiger partial charge in [-0.3, -0.25) is 4.79 Å². The van der Waals surface area contributed by atoms with Crippen LogP contribution in [-0.2, 0) is 14.3 Å². The Morgan fingerprint density at radius 2 is 1.62 bits per heavy atom. The maximum absolute atomic E-state index is 12.8. The van der Waals surface area contributed by atoms with Crippen LogP contribution in [0.5, 0.6) is 0 Å². The van der Waals surface area contributed by atoms with Gasteiger partial charge >= 0.3 is 12.1 Å². The summed E-state index contributed by atoms with van der Waals surface area (Å²) in [4.78, 5) is 36.1. The Kier molecular flexibility index (Phi) is 7.43. The summed E-state index contributed by atoms with van der Waals surface area (Å²) >= 11 is 1.75. The number of fused-ring (bicyclic) bond motifs is 3. The first-order chi connectivity index (χ1) is 16.4. The van der Waals surface area contributed by atoms with E-state index in [4.69, 9.17) is 9.84 Å². The zero-order valence-corrected chi connectivity index (χ0v) is 19.5. The van der Waals surface area contributed by atoms with Crippen LogP contribution < -0.4 is 10.6 Å². The fourth-order valence-corrected chi connectivity index (χ4v) is 5.90. The average molecular weight is 485 g/mol. The molecule has 2 aliphatic rings. The third-order valence-electron chi connectivity index (χ3n) is 6.44. The normalized spacial score (nSPS) is 17.2. The van der Waals surface area contributed by atoms with Crippen molar-refractivity contribution in [2.24, 2.45) is 0 Å². The lowest BCUT2D eigenvalue weighted by Crippen LogP contribution is -2.54. The van der Waals surface area contributed by atoms with Crippen molar-refractivity contribution < 1.29 is 29.3 Å². The first-order valence-electron chi connectivity index (χ1n) is 11.3. The zero-order valence-electron chi connectivity index (χ0n) is 18.7. The van der Waals surface area contributed by atoms with Crippen molar-refractivity contribution in [3.05, 3.63) is 59.7 Å². The molecule has 0 saturated carbocycles. The van der Waals surface area contributed by atoms with Crippen LogP contribution in [0.4, 0.5) is 4.79 Å². The molecular weight excluding hydrogens is 456 g/mol. The van der Waals surface area contributed by atoms with Crippen molar-refractivity contribution in [3.8, 4) is 11.1 Å². The lowest BCUT2D eigenvalue weighted by Gasteiger charge is -2.37. The molecule has 1 aliphatic carbocycles. The monoisotopic (exact) mass is 484 g/mol. The van der Waals surface area contributed by atoms with Crippen LogP contribution in [0.15, 0.2) is 48.5 Å². The second-order valence-corrected chi connectivity index (χ2v) is 9.90. The molecule has 4 N–H and O–H groups in total. The van der Waals surface area contributed by atoms with E-state index in [1.165, 1.54) is 0 Å². The molecule has 0 aromatic heterocycles. The number of carboxylic acid groups (broad SMARTS) is 1. The molecule has 0 spiro atoms. The number of carbonyl (C=O) groups excluding carboxylic acids is 2. The highest BCUT2D eigenvalue weighted by Gasteiger charge is 2.37. The number of alkyl carbamates (subject to hydrolysis) is 1. The molecule has 9 heteroatoms.